The van der Waals surface area contributed by atoms with Gasteiger partial charge < -0.3 is 14.2 Å². The molecule has 0 radical (unpaired) electrons. The number of fused-ring (bicyclic) bond motifs is 1. The molecule has 156 valence electrons. The number of benzene rings is 2. The number of halogens is 1. The van der Waals surface area contributed by atoms with E-state index in [1.807, 2.05) is 6.07 Å². The summed E-state index contributed by atoms with van der Waals surface area (Å²) >= 11 is 3.27. The van der Waals surface area contributed by atoms with Crippen LogP contribution in [0.15, 0.2) is 73.5 Å². The van der Waals surface area contributed by atoms with Crippen LogP contribution in [0.2, 0.25) is 0 Å². The summed E-state index contributed by atoms with van der Waals surface area (Å²) in [6.07, 6.45) is 1.24. The van der Waals surface area contributed by atoms with Crippen molar-refractivity contribution in [1.29, 1.82) is 5.26 Å². The van der Waals surface area contributed by atoms with Crippen LogP contribution in [0, 0.1) is 11.3 Å². The molecule has 4 rings (SSSR count). The third-order valence-electron chi connectivity index (χ3n) is 4.47. The molecule has 2 heterocycles. The highest BCUT2D eigenvalue weighted by Crippen LogP contribution is 2.40. The minimum Gasteiger partial charge on any atom is -0.494 e. The van der Waals surface area contributed by atoms with Gasteiger partial charge in [0.15, 0.2) is 5.82 Å². The average Bonchev–Trinajstić information content (AvgIpc) is 3.28. The molecule has 0 atom stereocenters. The molecule has 9 nitrogen and oxygen atoms in total. The highest BCUT2D eigenvalue weighted by Gasteiger charge is 2.32. The van der Waals surface area contributed by atoms with Crippen LogP contribution < -0.4 is 14.6 Å². The highest BCUT2D eigenvalue weighted by atomic mass is 79.9. The SMILES string of the molecule is COc1cc(Br)c(C#N)cc1N(c1ccon1)S(=O)(=O)c1ccc2[nH]c(=O)ccc2c1. The first kappa shape index (κ1) is 20.6. The Labute approximate surface area is 184 Å². The second-order valence-corrected chi connectivity index (χ2v) is 8.96. The molecule has 0 unspecified atom stereocenters. The molecule has 31 heavy (non-hydrogen) atoms. The Morgan fingerprint density at radius 3 is 2.68 bits per heavy atom. The number of nitrogens with zero attached hydrogens (tertiary/aromatic N) is 3. The molecular weight excluding hydrogens is 488 g/mol. The number of aromatic amines is 1. The molecule has 0 aliphatic carbocycles. The molecule has 0 spiro atoms. The van der Waals surface area contributed by atoms with Crippen LogP contribution in [0.1, 0.15) is 5.56 Å². The van der Waals surface area contributed by atoms with Gasteiger partial charge in [-0.3, -0.25) is 4.79 Å². The minimum absolute atomic E-state index is 0.0222. The number of sulfonamides is 1. The lowest BCUT2D eigenvalue weighted by Gasteiger charge is -2.24. The maximum Gasteiger partial charge on any atom is 0.270 e. The first-order chi connectivity index (χ1) is 14.8. The summed E-state index contributed by atoms with van der Waals surface area (Å²) in [6.45, 7) is 0. The van der Waals surface area contributed by atoms with E-state index in [1.54, 1.807) is 0 Å². The average molecular weight is 501 g/mol. The number of nitriles is 1. The normalized spacial score (nSPS) is 11.3. The van der Waals surface area contributed by atoms with Crippen LogP contribution in [-0.2, 0) is 10.0 Å². The van der Waals surface area contributed by atoms with Crippen LogP contribution in [0.3, 0.4) is 0 Å². The second kappa shape index (κ2) is 7.90. The minimum atomic E-state index is -4.23. The molecule has 11 heteroatoms. The summed E-state index contributed by atoms with van der Waals surface area (Å²) in [6, 6.07) is 13.4. The van der Waals surface area contributed by atoms with E-state index < -0.39 is 10.0 Å². The predicted molar refractivity (Wildman–Crippen MR) is 116 cm³/mol. The zero-order valence-corrected chi connectivity index (χ0v) is 18.3. The van der Waals surface area contributed by atoms with Crippen molar-refractivity contribution in [1.82, 2.24) is 10.1 Å². The lowest BCUT2D eigenvalue weighted by Crippen LogP contribution is -2.27. The fourth-order valence-corrected chi connectivity index (χ4v) is 4.92. The Hall–Kier alpha value is -3.62. The number of hydrogen-bond donors (Lipinski definition) is 1. The van der Waals surface area contributed by atoms with E-state index in [-0.39, 0.29) is 33.3 Å². The molecular formula is C20H13BrN4O5S. The van der Waals surface area contributed by atoms with Crippen molar-refractivity contribution < 1.29 is 17.7 Å². The molecule has 0 saturated heterocycles. The topological polar surface area (TPSA) is 129 Å². The first-order valence-electron chi connectivity index (χ1n) is 8.71. The molecule has 0 aliphatic heterocycles. The van der Waals surface area contributed by atoms with E-state index in [1.165, 1.54) is 61.9 Å². The highest BCUT2D eigenvalue weighted by molar-refractivity contribution is 9.10. The van der Waals surface area contributed by atoms with Crippen molar-refractivity contribution in [3.63, 3.8) is 0 Å². The molecule has 2 aromatic carbocycles. The van der Waals surface area contributed by atoms with E-state index in [0.29, 0.717) is 15.4 Å². The van der Waals surface area contributed by atoms with Gasteiger partial charge >= 0.3 is 0 Å². The maximum absolute atomic E-state index is 13.7. The van der Waals surface area contributed by atoms with Crippen molar-refractivity contribution in [2.45, 2.75) is 4.90 Å². The molecule has 0 amide bonds. The number of nitrogens with one attached hydrogen (secondary N) is 1. The molecule has 1 N–H and O–H groups in total. The zero-order chi connectivity index (χ0) is 22.2. The number of anilines is 2. The van der Waals surface area contributed by atoms with Gasteiger partial charge in [0.05, 0.1) is 17.6 Å². The molecule has 0 bridgehead atoms. The predicted octanol–water partition coefficient (Wildman–Crippen LogP) is 3.69. The van der Waals surface area contributed by atoms with Crippen molar-refractivity contribution in [2.24, 2.45) is 0 Å². The quantitative estimate of drug-likeness (QED) is 0.442. The van der Waals surface area contributed by atoms with E-state index in [0.717, 1.165) is 4.31 Å². The van der Waals surface area contributed by atoms with Crippen molar-refractivity contribution in [3.05, 3.63) is 75.2 Å². The van der Waals surface area contributed by atoms with Gasteiger partial charge in [-0.05, 0) is 57.7 Å². The Kier molecular flexibility index (Phi) is 5.26. The third-order valence-corrected chi connectivity index (χ3v) is 6.84. The largest absolute Gasteiger partial charge is 0.494 e. The monoisotopic (exact) mass is 500 g/mol. The fourth-order valence-electron chi connectivity index (χ4n) is 3.04. The molecule has 0 fully saturated rings. The van der Waals surface area contributed by atoms with Gasteiger partial charge in [-0.2, -0.15) is 5.26 Å². The Morgan fingerprint density at radius 1 is 1.19 bits per heavy atom. The summed E-state index contributed by atoms with van der Waals surface area (Å²) < 4.78 is 39.1. The summed E-state index contributed by atoms with van der Waals surface area (Å²) in [4.78, 5) is 14.1. The van der Waals surface area contributed by atoms with Crippen LogP contribution in [-0.4, -0.2) is 25.7 Å². The van der Waals surface area contributed by atoms with E-state index in [9.17, 15) is 18.5 Å². The Balaban J connectivity index is 1.97. The van der Waals surface area contributed by atoms with Crippen molar-refractivity contribution in [3.8, 4) is 11.8 Å². The van der Waals surface area contributed by atoms with Gasteiger partial charge in [-0.25, -0.2) is 12.7 Å². The van der Waals surface area contributed by atoms with E-state index in [2.05, 4.69) is 26.1 Å². The summed E-state index contributed by atoms with van der Waals surface area (Å²) in [5, 5.41) is 13.7. The van der Waals surface area contributed by atoms with Crippen molar-refractivity contribution >= 4 is 48.4 Å². The number of hydrogen-bond acceptors (Lipinski definition) is 7. The first-order valence-corrected chi connectivity index (χ1v) is 10.9. The Bertz CT molecular complexity index is 1490. The number of methoxy groups -OCH3 is 1. The van der Waals surface area contributed by atoms with Crippen LogP contribution >= 0.6 is 15.9 Å². The van der Waals surface area contributed by atoms with Gasteiger partial charge in [0.25, 0.3) is 10.0 Å². The van der Waals surface area contributed by atoms with E-state index in [4.69, 9.17) is 9.26 Å². The van der Waals surface area contributed by atoms with Crippen LogP contribution in [0.5, 0.6) is 5.75 Å². The lowest BCUT2D eigenvalue weighted by atomic mass is 10.2. The summed E-state index contributed by atoms with van der Waals surface area (Å²) in [5.74, 6) is 0.175. The Morgan fingerprint density at radius 2 is 2.00 bits per heavy atom. The zero-order valence-electron chi connectivity index (χ0n) is 15.9. The molecule has 0 saturated carbocycles. The maximum atomic E-state index is 13.7. The van der Waals surface area contributed by atoms with Gasteiger partial charge in [-0.1, -0.05) is 5.16 Å². The van der Waals surface area contributed by atoms with Gasteiger partial charge in [0, 0.05) is 22.1 Å². The van der Waals surface area contributed by atoms with Gasteiger partial charge in [-0.15, -0.1) is 0 Å². The molecule has 2 aromatic heterocycles. The summed E-state index contributed by atoms with van der Waals surface area (Å²) in [5.41, 5.74) is 0.483. The number of ether oxygens (including phenoxy) is 1. The number of aromatic nitrogens is 2. The molecule has 0 aliphatic rings. The second-order valence-electron chi connectivity index (χ2n) is 6.31. The van der Waals surface area contributed by atoms with Crippen LogP contribution in [0.25, 0.3) is 10.9 Å². The van der Waals surface area contributed by atoms with Gasteiger partial charge in [0.2, 0.25) is 5.56 Å². The van der Waals surface area contributed by atoms with E-state index >= 15 is 0 Å². The van der Waals surface area contributed by atoms with Gasteiger partial charge in [0.1, 0.15) is 23.8 Å². The summed E-state index contributed by atoms with van der Waals surface area (Å²) in [7, 11) is -2.85. The number of H-pyrrole nitrogens is 1. The molecule has 4 aromatic rings. The number of pyridine rings is 1. The van der Waals surface area contributed by atoms with Crippen LogP contribution in [0.4, 0.5) is 11.5 Å². The fraction of sp³-hybridized carbons (Fsp3) is 0.0500. The smallest absolute Gasteiger partial charge is 0.270 e. The number of rotatable bonds is 5. The standard InChI is InChI=1S/C20H13BrN4O5S/c1-29-18-10-15(21)13(11-22)9-17(18)25(19-6-7-30-24-19)31(27,28)14-3-4-16-12(8-14)2-5-20(26)23-16/h2-10H,1H3,(H,23,26). The third kappa shape index (κ3) is 3.67. The lowest BCUT2D eigenvalue weighted by molar-refractivity contribution is 0.413. The van der Waals surface area contributed by atoms with Crippen molar-refractivity contribution in [2.75, 3.05) is 11.4 Å².